The maximum absolute atomic E-state index is 5.09. The van der Waals surface area contributed by atoms with Crippen LogP contribution in [0.25, 0.3) is 21.9 Å². The summed E-state index contributed by atoms with van der Waals surface area (Å²) in [4.78, 5) is 0. The quantitative estimate of drug-likeness (QED) is 0.347. The Labute approximate surface area is 203 Å². The van der Waals surface area contributed by atoms with Crippen LogP contribution in [0.15, 0.2) is 76.1 Å². The molecule has 1 aliphatic rings. The zero-order valence-corrected chi connectivity index (χ0v) is 22.9. The molecule has 0 radical (unpaired) electrons. The fourth-order valence-electron chi connectivity index (χ4n) is 2.98. The third kappa shape index (κ3) is 8.13. The number of furan rings is 1. The van der Waals surface area contributed by atoms with Gasteiger partial charge in [0.1, 0.15) is 0 Å². The zero-order chi connectivity index (χ0) is 20.0. The van der Waals surface area contributed by atoms with E-state index in [2.05, 4.69) is 83.3 Å². The van der Waals surface area contributed by atoms with Crippen molar-refractivity contribution in [3.8, 4) is 11.1 Å². The molecule has 2 aromatic carbocycles. The van der Waals surface area contributed by atoms with Gasteiger partial charge < -0.3 is 29.2 Å². The van der Waals surface area contributed by atoms with Gasteiger partial charge in [0.15, 0.2) is 0 Å². The minimum absolute atomic E-state index is 0. The number of hydrogen-bond acceptors (Lipinski definition) is 1. The van der Waals surface area contributed by atoms with Crippen LogP contribution in [0.1, 0.15) is 27.7 Å². The second-order valence-electron chi connectivity index (χ2n) is 7.15. The van der Waals surface area contributed by atoms with Crippen molar-refractivity contribution in [2.45, 2.75) is 40.8 Å². The van der Waals surface area contributed by atoms with Gasteiger partial charge in [-0.1, -0.05) is 32.8 Å². The van der Waals surface area contributed by atoms with Gasteiger partial charge in [-0.2, -0.15) is 11.1 Å². The molecule has 154 valence electrons. The van der Waals surface area contributed by atoms with Crippen molar-refractivity contribution in [2.24, 2.45) is 5.92 Å². The van der Waals surface area contributed by atoms with Crippen molar-refractivity contribution in [1.29, 1.82) is 0 Å². The Hall–Kier alpha value is -0.730. The van der Waals surface area contributed by atoms with Gasteiger partial charge in [0.05, 0.1) is 12.5 Å². The number of rotatable bonds is 1. The SMILES string of the molecule is CC1=[C-]C(C)C(C)=C1C.C[Si](C)=[Zr+2].[Cl-].[Cl-].c1ccc2c(-c3ccoc3)c[cH-]c2c1. The fraction of sp³-hybridized carbons (Fsp3) is 0.292. The van der Waals surface area contributed by atoms with Crippen LogP contribution >= 0.6 is 0 Å². The monoisotopic (exact) mass is 520 g/mol. The molecule has 29 heavy (non-hydrogen) atoms. The molecule has 1 aromatic heterocycles. The van der Waals surface area contributed by atoms with E-state index in [9.17, 15) is 0 Å². The zero-order valence-electron chi connectivity index (χ0n) is 17.9. The minimum Gasteiger partial charge on any atom is -1.00 e. The van der Waals surface area contributed by atoms with Gasteiger partial charge in [-0.25, -0.2) is 5.57 Å². The molecule has 0 bridgehead atoms. The first-order valence-corrected chi connectivity index (χ1v) is 15.5. The van der Waals surface area contributed by atoms with Crippen LogP contribution in [0.2, 0.25) is 13.1 Å². The van der Waals surface area contributed by atoms with E-state index in [1.807, 2.05) is 6.07 Å². The summed E-state index contributed by atoms with van der Waals surface area (Å²) in [5.41, 5.74) is 6.85. The third-order valence-electron chi connectivity index (χ3n) is 4.75. The van der Waals surface area contributed by atoms with Crippen molar-refractivity contribution in [3.63, 3.8) is 0 Å². The number of hydrogen-bond donors (Lipinski definition) is 0. The number of benzene rings is 1. The van der Waals surface area contributed by atoms with Crippen molar-refractivity contribution < 1.29 is 52.6 Å². The van der Waals surface area contributed by atoms with E-state index in [1.165, 1.54) is 33.1 Å². The van der Waals surface area contributed by atoms with E-state index in [1.54, 1.807) is 35.9 Å². The number of halogens is 2. The van der Waals surface area contributed by atoms with Gasteiger partial charge in [-0.15, -0.1) is 53.6 Å². The molecule has 1 heterocycles. The Kier molecular flexibility index (Phi) is 13.2. The molecule has 0 amide bonds. The molecule has 1 atom stereocenters. The van der Waals surface area contributed by atoms with Gasteiger partial charge in [0.25, 0.3) is 0 Å². The second kappa shape index (κ2) is 13.5. The summed E-state index contributed by atoms with van der Waals surface area (Å²) < 4.78 is 5.09. The molecule has 0 saturated carbocycles. The molecule has 0 aliphatic heterocycles. The summed E-state index contributed by atoms with van der Waals surface area (Å²) in [6.45, 7) is 13.3. The Bertz CT molecular complexity index is 964. The molecule has 0 N–H and O–H groups in total. The van der Waals surface area contributed by atoms with Crippen molar-refractivity contribution in [2.75, 3.05) is 0 Å². The normalized spacial score (nSPS) is 14.6. The van der Waals surface area contributed by atoms with E-state index in [-0.39, 0.29) is 30.2 Å². The van der Waals surface area contributed by atoms with Gasteiger partial charge >= 0.3 is 41.9 Å². The predicted molar refractivity (Wildman–Crippen MR) is 115 cm³/mol. The molecule has 0 fully saturated rings. The molecular formula is C24H28Cl2OSiZr-2. The first kappa shape index (κ1) is 28.3. The predicted octanol–water partition coefficient (Wildman–Crippen LogP) is 1.33. The van der Waals surface area contributed by atoms with Crippen LogP contribution in [0.4, 0.5) is 0 Å². The van der Waals surface area contributed by atoms with E-state index < -0.39 is 0 Å². The van der Waals surface area contributed by atoms with Crippen LogP contribution in [0.5, 0.6) is 0 Å². The largest absolute Gasteiger partial charge is 1.00 e. The van der Waals surface area contributed by atoms with Crippen LogP contribution in [-0.2, 0) is 23.3 Å². The molecule has 5 heteroatoms. The first-order valence-electron chi connectivity index (χ1n) is 9.27. The van der Waals surface area contributed by atoms with Crippen LogP contribution in [-0.4, -0.2) is 5.43 Å². The van der Waals surface area contributed by atoms with E-state index >= 15 is 0 Å². The molecule has 4 rings (SSSR count). The fourth-order valence-corrected chi connectivity index (χ4v) is 2.98. The third-order valence-corrected chi connectivity index (χ3v) is 4.75. The Balaban J connectivity index is 0.000000458. The maximum Gasteiger partial charge on any atom is 0.0900 e. The summed E-state index contributed by atoms with van der Waals surface area (Å²) in [7, 11) is 0. The van der Waals surface area contributed by atoms with Crippen LogP contribution in [0.3, 0.4) is 0 Å². The summed E-state index contributed by atoms with van der Waals surface area (Å²) in [6, 6.07) is 14.6. The molecule has 1 nitrogen and oxygen atoms in total. The summed E-state index contributed by atoms with van der Waals surface area (Å²) >= 11 is 1.74. The Morgan fingerprint density at radius 1 is 1.07 bits per heavy atom. The second-order valence-corrected chi connectivity index (χ2v) is 16.5. The smallest absolute Gasteiger partial charge is 0.0900 e. The Morgan fingerprint density at radius 2 is 1.69 bits per heavy atom. The summed E-state index contributed by atoms with van der Waals surface area (Å²) in [5, 5.41) is 2.57. The van der Waals surface area contributed by atoms with Crippen molar-refractivity contribution in [3.05, 3.63) is 77.8 Å². The standard InChI is InChI=1S/C13H9O.C9H13.C2H6Si.2ClH.Zr/c1-2-4-12-10(3-1)5-6-13(12)11-7-8-14-9-11;1-6-5-7(2)9(4)8(6)3;1-3-2;;;/h1-9H;6H,1-4H3;1-2H3;2*1H;/q2*-1;;;;+2/p-2. The topological polar surface area (TPSA) is 13.1 Å². The number of allylic oxidation sites excluding steroid dienone is 4. The molecule has 1 aliphatic carbocycles. The molecular weight excluding hydrogens is 494 g/mol. The van der Waals surface area contributed by atoms with E-state index in [0.29, 0.717) is 5.92 Å². The molecule has 1 unspecified atom stereocenters. The molecule has 0 spiro atoms. The van der Waals surface area contributed by atoms with Gasteiger partial charge in [0.2, 0.25) is 0 Å². The van der Waals surface area contributed by atoms with Gasteiger partial charge in [-0.05, 0) is 11.6 Å². The first-order chi connectivity index (χ1) is 12.8. The van der Waals surface area contributed by atoms with Crippen molar-refractivity contribution >= 4 is 16.2 Å². The van der Waals surface area contributed by atoms with Crippen LogP contribution < -0.4 is 24.8 Å². The Morgan fingerprint density at radius 3 is 2.14 bits per heavy atom. The molecule has 3 aromatic rings. The van der Waals surface area contributed by atoms with Gasteiger partial charge in [-0.3, -0.25) is 6.08 Å². The maximum atomic E-state index is 5.09. The number of fused-ring (bicyclic) bond motifs is 1. The summed E-state index contributed by atoms with van der Waals surface area (Å²) in [6.07, 6.45) is 6.84. The average molecular weight is 523 g/mol. The summed E-state index contributed by atoms with van der Waals surface area (Å²) in [5.74, 6) is 0.560. The minimum atomic E-state index is 0. The van der Waals surface area contributed by atoms with Crippen molar-refractivity contribution in [1.82, 2.24) is 0 Å². The molecule has 0 saturated heterocycles. The van der Waals surface area contributed by atoms with E-state index in [0.717, 1.165) is 5.56 Å². The van der Waals surface area contributed by atoms with Gasteiger partial charge in [0, 0.05) is 0 Å². The van der Waals surface area contributed by atoms with Crippen LogP contribution in [0, 0.1) is 12.0 Å². The van der Waals surface area contributed by atoms with E-state index in [4.69, 9.17) is 4.42 Å². The average Bonchev–Trinajstić information content (AvgIpc) is 3.33.